The van der Waals surface area contributed by atoms with E-state index in [9.17, 15) is 20.0 Å². The lowest BCUT2D eigenvalue weighted by Gasteiger charge is -2.21. The number of ketones is 1. The summed E-state index contributed by atoms with van der Waals surface area (Å²) in [7, 11) is 0. The largest absolute Gasteiger partial charge is 0.494 e. The summed E-state index contributed by atoms with van der Waals surface area (Å²) in [6.45, 7) is 2.87. The molecule has 0 aliphatic rings. The number of Topliss-reactive ketones (excluding diaryl/α,β-unsaturated/α-hetero) is 1. The van der Waals surface area contributed by atoms with Crippen LogP contribution in [-0.2, 0) is 0 Å². The zero-order valence-corrected chi connectivity index (χ0v) is 16.1. The maximum Gasteiger partial charge on any atom is 0.272 e. The van der Waals surface area contributed by atoms with Crippen LogP contribution in [0.5, 0.6) is 11.6 Å². The van der Waals surface area contributed by atoms with E-state index < -0.39 is 23.3 Å². The maximum atomic E-state index is 12.8. The van der Waals surface area contributed by atoms with Gasteiger partial charge >= 0.3 is 0 Å². The van der Waals surface area contributed by atoms with Crippen LogP contribution in [0.2, 0.25) is 0 Å². The number of nitriles is 1. The number of rotatable bonds is 6. The van der Waals surface area contributed by atoms with Crippen LogP contribution in [0.25, 0.3) is 0 Å². The molecule has 1 heterocycles. The predicted molar refractivity (Wildman–Crippen MR) is 108 cm³/mol. The van der Waals surface area contributed by atoms with Gasteiger partial charge in [0.2, 0.25) is 11.7 Å². The molecule has 0 bridgehead atoms. The molecule has 6 nitrogen and oxygen atoms in total. The zero-order valence-electron chi connectivity index (χ0n) is 16.1. The van der Waals surface area contributed by atoms with Gasteiger partial charge in [-0.2, -0.15) is 5.26 Å². The second-order valence-electron chi connectivity index (χ2n) is 6.60. The van der Waals surface area contributed by atoms with Crippen LogP contribution in [0.4, 0.5) is 0 Å². The minimum atomic E-state index is -0.639. The van der Waals surface area contributed by atoms with E-state index >= 15 is 0 Å². The molecule has 3 rings (SSSR count). The Kier molecular flexibility index (Phi) is 5.79. The third-order valence-electron chi connectivity index (χ3n) is 4.81. The number of nitrogens with zero attached hydrogens (tertiary/aromatic N) is 2. The van der Waals surface area contributed by atoms with Crippen molar-refractivity contribution in [3.63, 3.8) is 0 Å². The van der Waals surface area contributed by atoms with Crippen LogP contribution in [-0.4, -0.2) is 22.1 Å². The van der Waals surface area contributed by atoms with E-state index in [0.29, 0.717) is 5.75 Å². The lowest BCUT2D eigenvalue weighted by atomic mass is 10.00. The molecule has 1 unspecified atom stereocenters. The van der Waals surface area contributed by atoms with Crippen LogP contribution in [0.1, 0.15) is 40.0 Å². The molecule has 0 fully saturated rings. The molecule has 0 aliphatic carbocycles. The van der Waals surface area contributed by atoms with Gasteiger partial charge < -0.3 is 9.84 Å². The molecule has 2 aromatic carbocycles. The van der Waals surface area contributed by atoms with Crippen molar-refractivity contribution in [2.75, 3.05) is 6.61 Å². The number of aromatic nitrogens is 1. The predicted octanol–water partition coefficient (Wildman–Crippen LogP) is 3.61. The number of ether oxygens (including phenoxy) is 1. The van der Waals surface area contributed by atoms with E-state index in [2.05, 4.69) is 0 Å². The van der Waals surface area contributed by atoms with Crippen LogP contribution in [0.3, 0.4) is 0 Å². The Bertz CT molecular complexity index is 1130. The van der Waals surface area contributed by atoms with Gasteiger partial charge in [-0.15, -0.1) is 0 Å². The number of hydrogen-bond acceptors (Lipinski definition) is 5. The molecule has 0 aliphatic heterocycles. The quantitative estimate of drug-likeness (QED) is 0.651. The van der Waals surface area contributed by atoms with Gasteiger partial charge in [0.05, 0.1) is 11.6 Å². The summed E-state index contributed by atoms with van der Waals surface area (Å²) in [5.41, 5.74) is 0.0117. The number of carbonyl (C=O) groups excluding carboxylic acids is 1. The van der Waals surface area contributed by atoms with Crippen molar-refractivity contribution in [3.8, 4) is 17.7 Å². The first-order chi connectivity index (χ1) is 14.0. The zero-order chi connectivity index (χ0) is 21.0. The van der Waals surface area contributed by atoms with Gasteiger partial charge in [0.25, 0.3) is 5.56 Å². The van der Waals surface area contributed by atoms with E-state index in [4.69, 9.17) is 4.74 Å². The Morgan fingerprint density at radius 2 is 1.72 bits per heavy atom. The van der Waals surface area contributed by atoms with Crippen molar-refractivity contribution in [2.45, 2.75) is 19.9 Å². The molecular weight excluding hydrogens is 368 g/mol. The molecule has 1 atom stereocenters. The maximum absolute atomic E-state index is 12.8. The molecule has 0 saturated carbocycles. The number of pyridine rings is 1. The number of carbonyl (C=O) groups is 1. The highest BCUT2D eigenvalue weighted by molar-refractivity contribution is 6.01. The third kappa shape index (κ3) is 3.90. The van der Waals surface area contributed by atoms with Gasteiger partial charge in [-0.05, 0) is 37.1 Å². The van der Waals surface area contributed by atoms with Gasteiger partial charge in [-0.1, -0.05) is 48.5 Å². The Morgan fingerprint density at radius 3 is 2.31 bits per heavy atom. The van der Waals surface area contributed by atoms with Gasteiger partial charge in [0.15, 0.2) is 6.61 Å². The van der Waals surface area contributed by atoms with E-state index in [-0.39, 0.29) is 23.3 Å². The smallest absolute Gasteiger partial charge is 0.272 e. The second kappa shape index (κ2) is 8.44. The summed E-state index contributed by atoms with van der Waals surface area (Å²) in [5, 5.41) is 20.3. The minimum Gasteiger partial charge on any atom is -0.494 e. The first-order valence-corrected chi connectivity index (χ1v) is 9.09. The van der Waals surface area contributed by atoms with E-state index in [1.165, 1.54) is 6.92 Å². The fraction of sp³-hybridized carbons (Fsp3) is 0.174. The normalized spacial score (nSPS) is 11.5. The number of benzene rings is 2. The third-order valence-corrected chi connectivity index (χ3v) is 4.81. The summed E-state index contributed by atoms with van der Waals surface area (Å²) in [4.78, 5) is 25.7. The Morgan fingerprint density at radius 1 is 1.14 bits per heavy atom. The lowest BCUT2D eigenvalue weighted by molar-refractivity contribution is 0.0916. The molecule has 0 saturated heterocycles. The number of hydrogen-bond donors (Lipinski definition) is 1. The molecule has 6 heteroatoms. The first-order valence-electron chi connectivity index (χ1n) is 9.09. The second-order valence-corrected chi connectivity index (χ2v) is 6.60. The molecule has 0 radical (unpaired) electrons. The topological polar surface area (TPSA) is 92.3 Å². The average Bonchev–Trinajstić information content (AvgIpc) is 2.74. The van der Waals surface area contributed by atoms with Crippen LogP contribution >= 0.6 is 0 Å². The van der Waals surface area contributed by atoms with Gasteiger partial charge in [-0.25, -0.2) is 0 Å². The molecule has 146 valence electrons. The fourth-order valence-electron chi connectivity index (χ4n) is 3.23. The van der Waals surface area contributed by atoms with E-state index in [1.807, 2.05) is 42.5 Å². The van der Waals surface area contributed by atoms with E-state index in [1.54, 1.807) is 31.2 Å². The van der Waals surface area contributed by atoms with Crippen molar-refractivity contribution < 1.29 is 14.6 Å². The highest BCUT2D eigenvalue weighted by Gasteiger charge is 2.26. The van der Waals surface area contributed by atoms with E-state index in [0.717, 1.165) is 10.1 Å². The van der Waals surface area contributed by atoms with Crippen molar-refractivity contribution in [2.24, 2.45) is 0 Å². The highest BCUT2D eigenvalue weighted by Crippen LogP contribution is 2.28. The van der Waals surface area contributed by atoms with Crippen LogP contribution in [0, 0.1) is 18.3 Å². The minimum absolute atomic E-state index is 0.0835. The monoisotopic (exact) mass is 388 g/mol. The van der Waals surface area contributed by atoms with Gasteiger partial charge in [0.1, 0.15) is 17.4 Å². The van der Waals surface area contributed by atoms with Crippen molar-refractivity contribution in [1.82, 2.24) is 4.57 Å². The van der Waals surface area contributed by atoms with Crippen molar-refractivity contribution >= 4 is 5.78 Å². The van der Waals surface area contributed by atoms with Gasteiger partial charge in [-0.3, -0.25) is 14.2 Å². The summed E-state index contributed by atoms with van der Waals surface area (Å²) < 4.78 is 6.57. The summed E-state index contributed by atoms with van der Waals surface area (Å²) in [6.07, 6.45) is 0. The molecule has 0 amide bonds. The number of para-hydroxylation sites is 1. The average molecular weight is 388 g/mol. The van der Waals surface area contributed by atoms with Crippen molar-refractivity contribution in [1.29, 1.82) is 5.26 Å². The molecular formula is C23H20N2O4. The standard InChI is InChI=1S/C23H20N2O4/c1-15-19(13-24)22(27)25(16(2)17-9-5-3-6-10-17)23(28)21(15)20(26)14-29-18-11-7-4-8-12-18/h3-12,16,28H,14H2,1-2H3. The fourth-order valence-corrected chi connectivity index (χ4v) is 3.23. The summed E-state index contributed by atoms with van der Waals surface area (Å²) in [5.74, 6) is -0.483. The molecule has 3 aromatic rings. The lowest BCUT2D eigenvalue weighted by Crippen LogP contribution is -2.30. The molecule has 0 spiro atoms. The Hall–Kier alpha value is -3.85. The molecule has 29 heavy (non-hydrogen) atoms. The Labute approximate surface area is 168 Å². The van der Waals surface area contributed by atoms with Crippen LogP contribution in [0.15, 0.2) is 65.5 Å². The summed E-state index contributed by atoms with van der Waals surface area (Å²) in [6, 6.07) is 19.2. The first kappa shape index (κ1) is 19.9. The highest BCUT2D eigenvalue weighted by atomic mass is 16.5. The Balaban J connectivity index is 2.06. The van der Waals surface area contributed by atoms with Crippen molar-refractivity contribution in [3.05, 3.63) is 93.3 Å². The van der Waals surface area contributed by atoms with Crippen LogP contribution < -0.4 is 10.3 Å². The SMILES string of the molecule is Cc1c(C(=O)COc2ccccc2)c(O)n(C(C)c2ccccc2)c(=O)c1C#N. The summed E-state index contributed by atoms with van der Waals surface area (Å²) >= 11 is 0. The van der Waals surface area contributed by atoms with Gasteiger partial charge in [0, 0.05) is 0 Å². The molecule has 1 aromatic heterocycles. The number of aromatic hydroxyl groups is 1. The molecule has 1 N–H and O–H groups in total.